The molecule has 0 aromatic heterocycles. The number of amides is 1. The zero-order valence-electron chi connectivity index (χ0n) is 15.7. The second-order valence-corrected chi connectivity index (χ2v) is 9.12. The number of hydrogen-bond donors (Lipinski definition) is 1. The first kappa shape index (κ1) is 21.3. The smallest absolute Gasteiger partial charge is 0.271 e. The van der Waals surface area contributed by atoms with Crippen LogP contribution < -0.4 is 5.32 Å². The molecule has 1 saturated heterocycles. The van der Waals surface area contributed by atoms with E-state index >= 15 is 0 Å². The molecule has 1 aromatic rings. The number of sulfone groups is 1. The van der Waals surface area contributed by atoms with E-state index in [1.807, 2.05) is 0 Å². The molecule has 1 unspecified atom stereocenters. The zero-order valence-corrected chi connectivity index (χ0v) is 16.5. The summed E-state index contributed by atoms with van der Waals surface area (Å²) < 4.78 is 29.1. The normalized spacial score (nSPS) is 18.4. The van der Waals surface area contributed by atoms with Crippen molar-refractivity contribution in [3.05, 3.63) is 33.9 Å². The second-order valence-electron chi connectivity index (χ2n) is 7.10. The van der Waals surface area contributed by atoms with Crippen LogP contribution in [-0.4, -0.2) is 69.3 Å². The molecule has 1 aromatic carbocycles. The molecule has 1 N–H and O–H groups in total. The average molecular weight is 399 g/mol. The maximum absolute atomic E-state index is 12.4. The Morgan fingerprint density at radius 3 is 2.70 bits per heavy atom. The number of carbonyl (C=O) groups is 1. The molecule has 150 valence electrons. The van der Waals surface area contributed by atoms with Crippen molar-refractivity contribution >= 4 is 21.4 Å². The summed E-state index contributed by atoms with van der Waals surface area (Å²) in [5.74, 6) is -0.0502. The van der Waals surface area contributed by atoms with Gasteiger partial charge in [-0.2, -0.15) is 0 Å². The highest BCUT2D eigenvalue weighted by atomic mass is 32.2. The Kier molecular flexibility index (Phi) is 6.90. The summed E-state index contributed by atoms with van der Waals surface area (Å²) in [6, 6.07) is 3.15. The van der Waals surface area contributed by atoms with E-state index in [0.29, 0.717) is 19.1 Å². The van der Waals surface area contributed by atoms with Crippen molar-refractivity contribution in [2.75, 3.05) is 39.0 Å². The number of nitrogens with one attached hydrogen (secondary N) is 1. The quantitative estimate of drug-likeness (QED) is 0.538. The fourth-order valence-corrected chi connectivity index (χ4v) is 3.60. The summed E-state index contributed by atoms with van der Waals surface area (Å²) in [7, 11) is -3.68. The lowest BCUT2D eigenvalue weighted by Gasteiger charge is -2.33. The number of nitrogens with zero attached hydrogens (tertiary/aromatic N) is 2. The molecule has 1 heterocycles. The third kappa shape index (κ3) is 6.26. The minimum Gasteiger partial charge on any atom is -0.374 e. The van der Waals surface area contributed by atoms with Gasteiger partial charge in [-0.15, -0.1) is 0 Å². The van der Waals surface area contributed by atoms with E-state index in [0.717, 1.165) is 37.5 Å². The van der Waals surface area contributed by atoms with Gasteiger partial charge in [0.05, 0.1) is 22.5 Å². The molecule has 10 heteroatoms. The molecule has 0 spiro atoms. The number of benzene rings is 1. The maximum Gasteiger partial charge on any atom is 0.271 e. The third-order valence-corrected chi connectivity index (χ3v) is 5.22. The highest BCUT2D eigenvalue weighted by Crippen LogP contribution is 2.21. The summed E-state index contributed by atoms with van der Waals surface area (Å²) in [5, 5.41) is 13.7. The standard InChI is InChI=1S/C17H25N3O6S/c1-12(2)10-19-4-5-26-15(11-19)9-18-17(21)13-6-14(20(22)23)8-16(7-13)27(3,24)25/h6-8,12,15H,4-5,9-11H2,1-3H3,(H,18,21). The van der Waals surface area contributed by atoms with Crippen molar-refractivity contribution in [1.82, 2.24) is 10.2 Å². The Balaban J connectivity index is 2.07. The van der Waals surface area contributed by atoms with Gasteiger partial charge in [0, 0.05) is 50.1 Å². The number of nitro groups is 1. The van der Waals surface area contributed by atoms with E-state index in [-0.39, 0.29) is 23.1 Å². The van der Waals surface area contributed by atoms with Gasteiger partial charge in [-0.3, -0.25) is 19.8 Å². The van der Waals surface area contributed by atoms with Crippen LogP contribution in [0.5, 0.6) is 0 Å². The number of nitro benzene ring substituents is 1. The van der Waals surface area contributed by atoms with Gasteiger partial charge >= 0.3 is 0 Å². The van der Waals surface area contributed by atoms with Crippen molar-refractivity contribution in [3.63, 3.8) is 0 Å². The minimum atomic E-state index is -3.68. The molecule has 27 heavy (non-hydrogen) atoms. The molecule has 1 aliphatic rings. The van der Waals surface area contributed by atoms with Crippen molar-refractivity contribution in [2.45, 2.75) is 24.8 Å². The monoisotopic (exact) mass is 399 g/mol. The van der Waals surface area contributed by atoms with Crippen molar-refractivity contribution in [2.24, 2.45) is 5.92 Å². The molecule has 0 bridgehead atoms. The molecule has 0 radical (unpaired) electrons. The molecule has 0 aliphatic carbocycles. The van der Waals surface area contributed by atoms with E-state index in [4.69, 9.17) is 4.74 Å². The first-order chi connectivity index (χ1) is 12.6. The van der Waals surface area contributed by atoms with Crippen LogP contribution in [0.15, 0.2) is 23.1 Å². The van der Waals surface area contributed by atoms with Crippen LogP contribution in [0.2, 0.25) is 0 Å². The van der Waals surface area contributed by atoms with Crippen molar-refractivity contribution < 1.29 is 22.9 Å². The first-order valence-corrected chi connectivity index (χ1v) is 10.6. The van der Waals surface area contributed by atoms with Crippen LogP contribution in [0.3, 0.4) is 0 Å². The number of carbonyl (C=O) groups excluding carboxylic acids is 1. The lowest BCUT2D eigenvalue weighted by Crippen LogP contribution is -2.48. The molecule has 2 rings (SSSR count). The Bertz CT molecular complexity index is 809. The Hall–Kier alpha value is -2.04. The highest BCUT2D eigenvalue weighted by molar-refractivity contribution is 7.90. The number of ether oxygens (including phenoxy) is 1. The Morgan fingerprint density at radius 2 is 2.11 bits per heavy atom. The lowest BCUT2D eigenvalue weighted by atomic mass is 10.1. The van der Waals surface area contributed by atoms with Crippen molar-refractivity contribution in [1.29, 1.82) is 0 Å². The van der Waals surface area contributed by atoms with E-state index in [1.54, 1.807) is 0 Å². The van der Waals surface area contributed by atoms with E-state index in [2.05, 4.69) is 24.1 Å². The number of hydrogen-bond acceptors (Lipinski definition) is 7. The minimum absolute atomic E-state index is 0.0699. The summed E-state index contributed by atoms with van der Waals surface area (Å²) >= 11 is 0. The van der Waals surface area contributed by atoms with Gasteiger partial charge in [0.25, 0.3) is 11.6 Å². The van der Waals surface area contributed by atoms with Crippen LogP contribution in [-0.2, 0) is 14.6 Å². The molecule has 1 amide bonds. The van der Waals surface area contributed by atoms with Gasteiger partial charge in [-0.25, -0.2) is 8.42 Å². The highest BCUT2D eigenvalue weighted by Gasteiger charge is 2.23. The molecule has 1 fully saturated rings. The largest absolute Gasteiger partial charge is 0.374 e. The molecule has 0 saturated carbocycles. The van der Waals surface area contributed by atoms with E-state index in [9.17, 15) is 23.3 Å². The van der Waals surface area contributed by atoms with Gasteiger partial charge in [-0.1, -0.05) is 13.8 Å². The maximum atomic E-state index is 12.4. The summed E-state index contributed by atoms with van der Waals surface area (Å²) in [6.07, 6.45) is 0.752. The lowest BCUT2D eigenvalue weighted by molar-refractivity contribution is -0.385. The van der Waals surface area contributed by atoms with Gasteiger partial charge in [0.15, 0.2) is 9.84 Å². The topological polar surface area (TPSA) is 119 Å². The summed E-state index contributed by atoms with van der Waals surface area (Å²) in [6.45, 7) is 7.54. The van der Waals surface area contributed by atoms with Gasteiger partial charge in [0.2, 0.25) is 0 Å². The average Bonchev–Trinajstić information content (AvgIpc) is 2.58. The predicted octanol–water partition coefficient (Wildman–Crippen LogP) is 1.08. The van der Waals surface area contributed by atoms with Crippen molar-refractivity contribution in [3.8, 4) is 0 Å². The Labute approximate surface area is 158 Å². The second kappa shape index (κ2) is 8.77. The third-order valence-electron chi connectivity index (χ3n) is 4.13. The van der Waals surface area contributed by atoms with E-state index < -0.39 is 26.4 Å². The number of morpholine rings is 1. The zero-order chi connectivity index (χ0) is 20.2. The molecular formula is C17H25N3O6S. The first-order valence-electron chi connectivity index (χ1n) is 8.68. The SMILES string of the molecule is CC(C)CN1CCOC(CNC(=O)c2cc([N+](=O)[O-])cc(S(C)(=O)=O)c2)C1. The number of rotatable bonds is 7. The predicted molar refractivity (Wildman–Crippen MR) is 99.6 cm³/mol. The molecule has 1 aliphatic heterocycles. The van der Waals surface area contributed by atoms with E-state index in [1.165, 1.54) is 0 Å². The number of non-ortho nitro benzene ring substituents is 1. The summed E-state index contributed by atoms with van der Waals surface area (Å²) in [4.78, 5) is 24.7. The van der Waals surface area contributed by atoms with Crippen LogP contribution in [0.1, 0.15) is 24.2 Å². The van der Waals surface area contributed by atoms with Gasteiger partial charge < -0.3 is 10.1 Å². The fourth-order valence-electron chi connectivity index (χ4n) is 2.93. The Morgan fingerprint density at radius 1 is 1.41 bits per heavy atom. The molecule has 9 nitrogen and oxygen atoms in total. The van der Waals surface area contributed by atoms with Gasteiger partial charge in [-0.05, 0) is 12.0 Å². The molecular weight excluding hydrogens is 374 g/mol. The van der Waals surface area contributed by atoms with Crippen LogP contribution in [0, 0.1) is 16.0 Å². The molecule has 1 atom stereocenters. The van der Waals surface area contributed by atoms with Gasteiger partial charge in [0.1, 0.15) is 0 Å². The summed E-state index contributed by atoms with van der Waals surface area (Å²) in [5.41, 5.74) is -0.514. The fraction of sp³-hybridized carbons (Fsp3) is 0.588. The van der Waals surface area contributed by atoms with Crippen LogP contribution in [0.25, 0.3) is 0 Å². The van der Waals surface area contributed by atoms with Crippen LogP contribution >= 0.6 is 0 Å². The van der Waals surface area contributed by atoms with Crippen LogP contribution in [0.4, 0.5) is 5.69 Å².